The Labute approximate surface area is 164 Å². The van der Waals surface area contributed by atoms with Crippen molar-refractivity contribution in [3.05, 3.63) is 66.5 Å². The SMILES string of the molecule is OCCOc1cccc(CN2CC[C@@H](Nc3cccc4c[n+](O)ccc34)C2)c1. The van der Waals surface area contributed by atoms with Crippen LogP contribution >= 0.6 is 0 Å². The second-order valence-electron chi connectivity index (χ2n) is 7.22. The molecule has 1 aromatic heterocycles. The van der Waals surface area contributed by atoms with Gasteiger partial charge in [0.05, 0.1) is 12.0 Å². The lowest BCUT2D eigenvalue weighted by atomic mass is 10.1. The lowest BCUT2D eigenvalue weighted by Gasteiger charge is -2.18. The van der Waals surface area contributed by atoms with Gasteiger partial charge in [-0.25, -0.2) is 0 Å². The van der Waals surface area contributed by atoms with Crippen LogP contribution in [-0.4, -0.2) is 47.6 Å². The van der Waals surface area contributed by atoms with E-state index in [1.54, 1.807) is 12.4 Å². The monoisotopic (exact) mass is 380 g/mol. The number of nitrogens with one attached hydrogen (secondary N) is 1. The van der Waals surface area contributed by atoms with E-state index < -0.39 is 0 Å². The summed E-state index contributed by atoms with van der Waals surface area (Å²) >= 11 is 0. The number of aliphatic hydroxyl groups excluding tert-OH is 1. The highest BCUT2D eigenvalue weighted by molar-refractivity contribution is 5.92. The van der Waals surface area contributed by atoms with Gasteiger partial charge in [-0.05, 0) is 36.2 Å². The van der Waals surface area contributed by atoms with E-state index in [0.29, 0.717) is 12.6 Å². The van der Waals surface area contributed by atoms with Crippen molar-refractivity contribution in [2.24, 2.45) is 0 Å². The van der Waals surface area contributed by atoms with Crippen molar-refractivity contribution in [2.45, 2.75) is 19.0 Å². The first-order chi connectivity index (χ1) is 13.7. The van der Waals surface area contributed by atoms with Crippen molar-refractivity contribution >= 4 is 16.5 Å². The number of nitrogens with zero attached hydrogens (tertiary/aromatic N) is 2. The molecule has 0 saturated carbocycles. The van der Waals surface area contributed by atoms with Gasteiger partial charge in [-0.3, -0.25) is 10.1 Å². The van der Waals surface area contributed by atoms with Crippen LogP contribution in [0.5, 0.6) is 5.75 Å². The van der Waals surface area contributed by atoms with Gasteiger partial charge in [0.15, 0.2) is 0 Å². The summed E-state index contributed by atoms with van der Waals surface area (Å²) in [6.45, 7) is 3.25. The largest absolute Gasteiger partial charge is 0.491 e. The minimum absolute atomic E-state index is 0.0240. The van der Waals surface area contributed by atoms with Crippen molar-refractivity contribution in [1.82, 2.24) is 4.90 Å². The Morgan fingerprint density at radius 2 is 2.07 bits per heavy atom. The molecule has 0 aliphatic carbocycles. The number of pyridine rings is 1. The number of aromatic nitrogens is 1. The fourth-order valence-electron chi connectivity index (χ4n) is 3.81. The number of benzene rings is 2. The third kappa shape index (κ3) is 4.35. The van der Waals surface area contributed by atoms with Crippen LogP contribution < -0.4 is 14.8 Å². The third-order valence-electron chi connectivity index (χ3n) is 5.10. The van der Waals surface area contributed by atoms with E-state index in [-0.39, 0.29) is 6.61 Å². The van der Waals surface area contributed by atoms with Crippen LogP contribution in [0.2, 0.25) is 0 Å². The van der Waals surface area contributed by atoms with Gasteiger partial charge in [0.25, 0.3) is 0 Å². The summed E-state index contributed by atoms with van der Waals surface area (Å²) in [4.78, 5) is 2.44. The molecular weight excluding hydrogens is 354 g/mol. The summed E-state index contributed by atoms with van der Waals surface area (Å²) in [6, 6.07) is 16.5. The molecule has 1 aliphatic rings. The van der Waals surface area contributed by atoms with Crippen LogP contribution in [0, 0.1) is 0 Å². The summed E-state index contributed by atoms with van der Waals surface area (Å²) in [5.74, 6) is 0.803. The Kier molecular flexibility index (Phi) is 5.60. The minimum atomic E-state index is 0.0240. The molecule has 1 atom stereocenters. The molecule has 2 aromatic carbocycles. The molecular formula is C22H26N3O3+. The van der Waals surface area contributed by atoms with Crippen molar-refractivity contribution in [2.75, 3.05) is 31.6 Å². The Hall–Kier alpha value is -2.83. The van der Waals surface area contributed by atoms with Crippen molar-refractivity contribution < 1.29 is 19.8 Å². The summed E-state index contributed by atoms with van der Waals surface area (Å²) in [5.41, 5.74) is 2.32. The number of likely N-dealkylation sites (tertiary alicyclic amines) is 1. The van der Waals surface area contributed by atoms with Crippen LogP contribution in [0.15, 0.2) is 60.9 Å². The summed E-state index contributed by atoms with van der Waals surface area (Å²) < 4.78 is 6.59. The number of anilines is 1. The van der Waals surface area contributed by atoms with Gasteiger partial charge in [-0.1, -0.05) is 18.2 Å². The van der Waals surface area contributed by atoms with E-state index in [1.165, 1.54) is 5.56 Å². The molecule has 1 fully saturated rings. The highest BCUT2D eigenvalue weighted by Gasteiger charge is 2.23. The Balaban J connectivity index is 1.39. The number of hydrogen-bond acceptors (Lipinski definition) is 5. The predicted octanol–water partition coefficient (Wildman–Crippen LogP) is 2.42. The molecule has 1 saturated heterocycles. The molecule has 6 heteroatoms. The van der Waals surface area contributed by atoms with Crippen LogP contribution in [-0.2, 0) is 6.54 Å². The van der Waals surface area contributed by atoms with Crippen LogP contribution in [0.1, 0.15) is 12.0 Å². The zero-order valence-electron chi connectivity index (χ0n) is 15.8. The van der Waals surface area contributed by atoms with E-state index in [0.717, 1.165) is 53.0 Å². The van der Waals surface area contributed by atoms with Crippen molar-refractivity contribution in [3.63, 3.8) is 0 Å². The van der Waals surface area contributed by atoms with Gasteiger partial charge in [0.1, 0.15) is 12.4 Å². The molecule has 6 nitrogen and oxygen atoms in total. The van der Waals surface area contributed by atoms with E-state index in [9.17, 15) is 5.21 Å². The molecule has 3 aromatic rings. The smallest absolute Gasteiger partial charge is 0.230 e. The van der Waals surface area contributed by atoms with Gasteiger partial charge < -0.3 is 15.2 Å². The fourth-order valence-corrected chi connectivity index (χ4v) is 3.81. The molecule has 146 valence electrons. The molecule has 0 amide bonds. The number of aliphatic hydroxyl groups is 1. The standard InChI is InChI=1S/C22H26N3O3/c26-11-12-28-20-5-1-3-17(13-20)14-24-9-7-19(16-24)23-22-6-2-4-18-15-25(27)10-8-21(18)22/h1-6,8,10,13,15,19,23,26-27H,7,9,11-12,14,16H2/q+1/t19-/m1/s1. The second kappa shape index (κ2) is 8.46. The maximum atomic E-state index is 9.62. The van der Waals surface area contributed by atoms with Crippen LogP contribution in [0.3, 0.4) is 0 Å². The highest BCUT2D eigenvalue weighted by Crippen LogP contribution is 2.25. The van der Waals surface area contributed by atoms with Gasteiger partial charge in [0, 0.05) is 47.5 Å². The van der Waals surface area contributed by atoms with Gasteiger partial charge in [0.2, 0.25) is 12.4 Å². The Bertz CT molecular complexity index is 947. The molecule has 3 N–H and O–H groups in total. The zero-order chi connectivity index (χ0) is 19.3. The molecule has 0 radical (unpaired) electrons. The number of rotatable bonds is 7. The van der Waals surface area contributed by atoms with E-state index in [2.05, 4.69) is 22.3 Å². The predicted molar refractivity (Wildman–Crippen MR) is 108 cm³/mol. The average molecular weight is 380 g/mol. The maximum absolute atomic E-state index is 9.62. The fraction of sp³-hybridized carbons (Fsp3) is 0.318. The van der Waals surface area contributed by atoms with E-state index in [4.69, 9.17) is 9.84 Å². The number of ether oxygens (including phenoxy) is 1. The minimum Gasteiger partial charge on any atom is -0.491 e. The zero-order valence-corrected chi connectivity index (χ0v) is 15.8. The molecule has 0 unspecified atom stereocenters. The lowest BCUT2D eigenvalue weighted by Crippen LogP contribution is -2.28. The average Bonchev–Trinajstić information content (AvgIpc) is 3.13. The second-order valence-corrected chi connectivity index (χ2v) is 7.22. The molecule has 0 bridgehead atoms. The van der Waals surface area contributed by atoms with Crippen molar-refractivity contribution in [3.8, 4) is 5.75 Å². The number of fused-ring (bicyclic) bond motifs is 1. The highest BCUT2D eigenvalue weighted by atomic mass is 16.5. The summed E-state index contributed by atoms with van der Waals surface area (Å²) in [5, 5.41) is 24.3. The van der Waals surface area contributed by atoms with E-state index in [1.807, 2.05) is 36.4 Å². The molecule has 4 rings (SSSR count). The maximum Gasteiger partial charge on any atom is 0.230 e. The lowest BCUT2D eigenvalue weighted by molar-refractivity contribution is -0.903. The molecule has 1 aliphatic heterocycles. The summed E-state index contributed by atoms with van der Waals surface area (Å²) in [7, 11) is 0. The van der Waals surface area contributed by atoms with Gasteiger partial charge in [-0.15, -0.1) is 0 Å². The number of hydrogen-bond donors (Lipinski definition) is 3. The molecule has 28 heavy (non-hydrogen) atoms. The normalized spacial score (nSPS) is 17.1. The quantitative estimate of drug-likeness (QED) is 0.434. The van der Waals surface area contributed by atoms with Crippen LogP contribution in [0.25, 0.3) is 10.8 Å². The van der Waals surface area contributed by atoms with Gasteiger partial charge in [-0.2, -0.15) is 0 Å². The van der Waals surface area contributed by atoms with Gasteiger partial charge >= 0.3 is 0 Å². The van der Waals surface area contributed by atoms with Crippen LogP contribution in [0.4, 0.5) is 5.69 Å². The first kappa shape index (κ1) is 18.5. The first-order valence-electron chi connectivity index (χ1n) is 9.66. The first-order valence-corrected chi connectivity index (χ1v) is 9.66. The molecule has 2 heterocycles. The summed E-state index contributed by atoms with van der Waals surface area (Å²) in [6.07, 6.45) is 4.46. The topological polar surface area (TPSA) is 68.8 Å². The molecule has 0 spiro atoms. The van der Waals surface area contributed by atoms with Crippen molar-refractivity contribution in [1.29, 1.82) is 0 Å². The van der Waals surface area contributed by atoms with E-state index >= 15 is 0 Å². The third-order valence-corrected chi connectivity index (χ3v) is 5.10. The Morgan fingerprint density at radius 3 is 2.96 bits per heavy atom. The Morgan fingerprint density at radius 1 is 1.18 bits per heavy atom.